The quantitative estimate of drug-likeness (QED) is 0.506. The second kappa shape index (κ2) is 9.12. The normalized spacial score (nSPS) is 7.15. The van der Waals surface area contributed by atoms with Gasteiger partial charge in [-0.2, -0.15) is 0 Å². The van der Waals surface area contributed by atoms with E-state index in [1.807, 2.05) is 18.2 Å². The number of carbonyl (C=O) groups excluding carboxylic acids is 2. The van der Waals surface area contributed by atoms with Crippen LogP contribution in [0.3, 0.4) is 0 Å². The Bertz CT molecular complexity index is 212. The van der Waals surface area contributed by atoms with E-state index >= 15 is 0 Å². The van der Waals surface area contributed by atoms with Crippen LogP contribution in [-0.2, 0) is 32.0 Å². The molecule has 1 rings (SSSR count). The number of Topliss-reactive ketones (excluding diaryl/α,β-unsaturated/α-hetero) is 1. The Morgan fingerprint density at radius 1 is 1.15 bits per heavy atom. The summed E-state index contributed by atoms with van der Waals surface area (Å²) >= 11 is 0. The molecule has 1 heterocycles. The van der Waals surface area contributed by atoms with Crippen molar-refractivity contribution >= 4 is 11.8 Å². The van der Waals surface area contributed by atoms with E-state index in [2.05, 4.69) is 4.98 Å². The van der Waals surface area contributed by atoms with Gasteiger partial charge >= 0.3 is 22.4 Å². The SMILES string of the molecule is CC(=O)C(=O)[O-].[Ag+].c1ccncc1. The third-order valence-corrected chi connectivity index (χ3v) is 0.854. The van der Waals surface area contributed by atoms with E-state index in [0.717, 1.165) is 6.92 Å². The van der Waals surface area contributed by atoms with E-state index in [4.69, 9.17) is 0 Å². The third-order valence-electron chi connectivity index (χ3n) is 0.854. The third kappa shape index (κ3) is 11.0. The van der Waals surface area contributed by atoms with Crippen LogP contribution in [0.2, 0.25) is 0 Å². The zero-order valence-corrected chi connectivity index (χ0v) is 8.34. The number of aliphatic carboxylic acids is 1. The first-order valence-corrected chi connectivity index (χ1v) is 3.21. The summed E-state index contributed by atoms with van der Waals surface area (Å²) in [6.07, 6.45) is 3.50. The Morgan fingerprint density at radius 2 is 1.54 bits per heavy atom. The van der Waals surface area contributed by atoms with E-state index in [1.165, 1.54) is 0 Å². The minimum atomic E-state index is -1.63. The van der Waals surface area contributed by atoms with Crippen molar-refractivity contribution in [3.63, 3.8) is 0 Å². The van der Waals surface area contributed by atoms with Crippen LogP contribution in [0.1, 0.15) is 6.92 Å². The molecule has 74 valence electrons. The molecule has 0 N–H and O–H groups in total. The zero-order chi connectivity index (χ0) is 9.40. The molecule has 1 aromatic heterocycles. The van der Waals surface area contributed by atoms with Crippen molar-refractivity contribution in [1.29, 1.82) is 0 Å². The van der Waals surface area contributed by atoms with Crippen molar-refractivity contribution < 1.29 is 37.1 Å². The molecule has 13 heavy (non-hydrogen) atoms. The van der Waals surface area contributed by atoms with E-state index in [0.29, 0.717) is 0 Å². The molecule has 0 unspecified atom stereocenters. The molecule has 0 saturated carbocycles. The summed E-state index contributed by atoms with van der Waals surface area (Å²) in [5, 5.41) is 9.24. The van der Waals surface area contributed by atoms with E-state index in [-0.39, 0.29) is 22.4 Å². The van der Waals surface area contributed by atoms with Gasteiger partial charge in [-0.25, -0.2) is 0 Å². The minimum absolute atomic E-state index is 0. The van der Waals surface area contributed by atoms with Gasteiger partial charge in [0, 0.05) is 19.3 Å². The molecule has 4 nitrogen and oxygen atoms in total. The predicted molar refractivity (Wildman–Crippen MR) is 39.9 cm³/mol. The van der Waals surface area contributed by atoms with Crippen LogP contribution < -0.4 is 5.11 Å². The summed E-state index contributed by atoms with van der Waals surface area (Å²) in [6, 6.07) is 5.72. The Kier molecular flexibility index (Phi) is 10.2. The summed E-state index contributed by atoms with van der Waals surface area (Å²) in [5.41, 5.74) is 0. The summed E-state index contributed by atoms with van der Waals surface area (Å²) < 4.78 is 0. The van der Waals surface area contributed by atoms with Crippen molar-refractivity contribution in [1.82, 2.24) is 4.98 Å². The molecule has 0 radical (unpaired) electrons. The van der Waals surface area contributed by atoms with Crippen LogP contribution in [0.4, 0.5) is 0 Å². The van der Waals surface area contributed by atoms with Crippen LogP contribution in [0, 0.1) is 0 Å². The molecule has 5 heteroatoms. The Balaban J connectivity index is 0. The first-order chi connectivity index (χ1) is 5.64. The van der Waals surface area contributed by atoms with Gasteiger partial charge in [0.05, 0.1) is 0 Å². The average Bonchev–Trinajstić information content (AvgIpc) is 2.08. The molecule has 0 saturated heterocycles. The summed E-state index contributed by atoms with van der Waals surface area (Å²) in [7, 11) is 0. The fourth-order valence-corrected chi connectivity index (χ4v) is 0.313. The molecule has 0 atom stereocenters. The van der Waals surface area contributed by atoms with Crippen LogP contribution in [0.25, 0.3) is 0 Å². The first-order valence-electron chi connectivity index (χ1n) is 3.21. The van der Waals surface area contributed by atoms with Gasteiger partial charge in [0.15, 0.2) is 5.78 Å². The van der Waals surface area contributed by atoms with Crippen molar-refractivity contribution in [3.05, 3.63) is 30.6 Å². The maximum Gasteiger partial charge on any atom is 1.00 e. The Hall–Kier alpha value is -0.970. The average molecular weight is 274 g/mol. The molecule has 0 aliphatic carbocycles. The molecular weight excluding hydrogens is 266 g/mol. The van der Waals surface area contributed by atoms with Crippen molar-refractivity contribution in [3.8, 4) is 0 Å². The van der Waals surface area contributed by atoms with Crippen LogP contribution in [-0.4, -0.2) is 16.7 Å². The van der Waals surface area contributed by atoms with Gasteiger partial charge in [-0.3, -0.25) is 9.78 Å². The minimum Gasteiger partial charge on any atom is -0.542 e. The van der Waals surface area contributed by atoms with Gasteiger partial charge in [0.25, 0.3) is 0 Å². The molecule has 0 aliphatic heterocycles. The predicted octanol–water partition coefficient (Wildman–Crippen LogP) is -0.596. The number of carbonyl (C=O) groups is 2. The second-order valence-electron chi connectivity index (χ2n) is 1.87. The van der Waals surface area contributed by atoms with Crippen molar-refractivity contribution in [2.75, 3.05) is 0 Å². The van der Waals surface area contributed by atoms with Gasteiger partial charge in [-0.1, -0.05) is 6.07 Å². The first kappa shape index (κ1) is 14.5. The smallest absolute Gasteiger partial charge is 0.542 e. The molecule has 0 amide bonds. The molecule has 0 aromatic carbocycles. The summed E-state index contributed by atoms with van der Waals surface area (Å²) in [4.78, 5) is 22.5. The molecular formula is C8H8AgNO3. The molecule has 0 fully saturated rings. The van der Waals surface area contributed by atoms with Crippen LogP contribution in [0.15, 0.2) is 30.6 Å². The fraction of sp³-hybridized carbons (Fsp3) is 0.125. The van der Waals surface area contributed by atoms with Gasteiger partial charge in [-0.05, 0) is 12.1 Å². The van der Waals surface area contributed by atoms with E-state index < -0.39 is 11.8 Å². The van der Waals surface area contributed by atoms with Crippen molar-refractivity contribution in [2.45, 2.75) is 6.92 Å². The number of ketones is 1. The summed E-state index contributed by atoms with van der Waals surface area (Å²) in [6.45, 7) is 0.940. The number of aromatic nitrogens is 1. The fourth-order valence-electron chi connectivity index (χ4n) is 0.313. The standard InChI is InChI=1S/C5H5N.C3H4O3.Ag/c1-2-4-6-5-3-1;1-2(4)3(5)6;/h1-5H;1H3,(H,5,6);/q;;+1/p-1. The molecule has 0 aliphatic rings. The molecule has 1 aromatic rings. The largest absolute Gasteiger partial charge is 1.00 e. The van der Waals surface area contributed by atoms with Gasteiger partial charge < -0.3 is 9.90 Å². The number of rotatable bonds is 1. The number of nitrogens with zero attached hydrogens (tertiary/aromatic N) is 1. The van der Waals surface area contributed by atoms with Gasteiger partial charge in [0.1, 0.15) is 5.97 Å². The number of carboxylic acid groups (broad SMARTS) is 1. The topological polar surface area (TPSA) is 70.1 Å². The van der Waals surface area contributed by atoms with Gasteiger partial charge in [-0.15, -0.1) is 0 Å². The maximum atomic E-state index is 9.48. The second-order valence-corrected chi connectivity index (χ2v) is 1.87. The Labute approximate surface area is 91.5 Å². The zero-order valence-electron chi connectivity index (χ0n) is 6.86. The molecule has 0 spiro atoms. The van der Waals surface area contributed by atoms with E-state index in [9.17, 15) is 14.7 Å². The Morgan fingerprint density at radius 3 is 1.62 bits per heavy atom. The number of hydrogen-bond donors (Lipinski definition) is 0. The van der Waals surface area contributed by atoms with Crippen molar-refractivity contribution in [2.24, 2.45) is 0 Å². The van der Waals surface area contributed by atoms with Crippen LogP contribution in [0.5, 0.6) is 0 Å². The van der Waals surface area contributed by atoms with E-state index in [1.54, 1.807) is 12.4 Å². The number of hydrogen-bond acceptors (Lipinski definition) is 4. The summed E-state index contributed by atoms with van der Waals surface area (Å²) in [5.74, 6) is -2.56. The number of carboxylic acids is 1. The molecule has 0 bridgehead atoms. The van der Waals surface area contributed by atoms with Crippen LogP contribution >= 0.6 is 0 Å². The van der Waals surface area contributed by atoms with Gasteiger partial charge in [0.2, 0.25) is 0 Å². The maximum absolute atomic E-state index is 9.48. The number of pyridine rings is 1. The monoisotopic (exact) mass is 273 g/mol.